The van der Waals surface area contributed by atoms with E-state index < -0.39 is 17.3 Å². The van der Waals surface area contributed by atoms with Crippen molar-refractivity contribution in [2.45, 2.75) is 25.0 Å². The topological polar surface area (TPSA) is 100 Å². The fraction of sp³-hybridized carbons (Fsp3) is 0.316. The number of aromatic nitrogens is 3. The molecule has 2 aromatic heterocycles. The van der Waals surface area contributed by atoms with Crippen molar-refractivity contribution in [3.8, 4) is 0 Å². The molecule has 0 radical (unpaired) electrons. The number of nitrogens with one attached hydrogen (secondary N) is 2. The molecule has 0 aliphatic heterocycles. The van der Waals surface area contributed by atoms with E-state index in [9.17, 15) is 19.1 Å². The Morgan fingerprint density at radius 1 is 1.41 bits per heavy atom. The van der Waals surface area contributed by atoms with Crippen LogP contribution >= 0.6 is 0 Å². The SMILES string of the molecule is Cn1cc([C@H](NC(=O)c2cc(=O)[nH]c3cc(F)ccc23)C2CC(O)C2)cn1. The highest BCUT2D eigenvalue weighted by molar-refractivity contribution is 6.06. The Kier molecular flexibility index (Phi) is 4.27. The minimum absolute atomic E-state index is 0.0823. The van der Waals surface area contributed by atoms with E-state index >= 15 is 0 Å². The second-order valence-electron chi connectivity index (χ2n) is 7.02. The standard InChI is InChI=1S/C19H19FN4O3/c1-24-9-11(8-21-24)18(10-4-13(25)5-10)23-19(27)15-7-17(26)22-16-6-12(20)2-3-14(15)16/h2-3,6-10,13,18,25H,4-5H2,1H3,(H,22,26)(H,23,27)/t10?,13?,18-/m1/s1. The molecule has 3 N–H and O–H groups in total. The van der Waals surface area contributed by atoms with Crippen LogP contribution in [0.3, 0.4) is 0 Å². The molecule has 1 fully saturated rings. The third-order valence-corrected chi connectivity index (χ3v) is 5.04. The lowest BCUT2D eigenvalue weighted by Crippen LogP contribution is -2.41. The molecule has 0 saturated heterocycles. The maximum Gasteiger partial charge on any atom is 0.252 e. The smallest absolute Gasteiger partial charge is 0.252 e. The predicted octanol–water partition coefficient (Wildman–Crippen LogP) is 1.64. The van der Waals surface area contributed by atoms with Gasteiger partial charge in [0.05, 0.1) is 29.4 Å². The Morgan fingerprint density at radius 2 is 2.19 bits per heavy atom. The Hall–Kier alpha value is -3.00. The number of halogens is 1. The Morgan fingerprint density at radius 3 is 2.85 bits per heavy atom. The highest BCUT2D eigenvalue weighted by Crippen LogP contribution is 2.38. The molecule has 4 rings (SSSR count). The minimum Gasteiger partial charge on any atom is -0.393 e. The average Bonchev–Trinajstić information content (AvgIpc) is 3.02. The number of nitrogens with zero attached hydrogens (tertiary/aromatic N) is 2. The highest BCUT2D eigenvalue weighted by atomic mass is 19.1. The maximum absolute atomic E-state index is 13.5. The number of hydrogen-bond acceptors (Lipinski definition) is 4. The monoisotopic (exact) mass is 370 g/mol. The molecule has 0 bridgehead atoms. The highest BCUT2D eigenvalue weighted by Gasteiger charge is 2.36. The number of aliphatic hydroxyl groups excluding tert-OH is 1. The first kappa shape index (κ1) is 17.4. The lowest BCUT2D eigenvalue weighted by Gasteiger charge is -2.37. The van der Waals surface area contributed by atoms with Crippen molar-refractivity contribution in [1.82, 2.24) is 20.1 Å². The molecule has 1 amide bonds. The summed E-state index contributed by atoms with van der Waals surface area (Å²) in [5.74, 6) is -0.834. The van der Waals surface area contributed by atoms with Gasteiger partial charge >= 0.3 is 0 Å². The molecular formula is C19H19FN4O3. The van der Waals surface area contributed by atoms with E-state index in [4.69, 9.17) is 0 Å². The number of carbonyl (C=O) groups is 1. The van der Waals surface area contributed by atoms with Crippen molar-refractivity contribution in [2.24, 2.45) is 13.0 Å². The quantitative estimate of drug-likeness (QED) is 0.650. The third-order valence-electron chi connectivity index (χ3n) is 5.04. The number of rotatable bonds is 4. The summed E-state index contributed by atoms with van der Waals surface area (Å²) in [6.07, 6.45) is 4.30. The van der Waals surface area contributed by atoms with Gasteiger partial charge in [-0.15, -0.1) is 0 Å². The summed E-state index contributed by atoms with van der Waals surface area (Å²) in [7, 11) is 1.79. The van der Waals surface area contributed by atoms with Crippen LogP contribution in [0.25, 0.3) is 10.9 Å². The van der Waals surface area contributed by atoms with Crippen molar-refractivity contribution in [3.05, 3.63) is 64.0 Å². The van der Waals surface area contributed by atoms with Gasteiger partial charge in [-0.25, -0.2) is 4.39 Å². The van der Waals surface area contributed by atoms with Crippen LogP contribution in [0.1, 0.15) is 34.8 Å². The van der Waals surface area contributed by atoms with Gasteiger partial charge in [0.15, 0.2) is 0 Å². The molecule has 2 heterocycles. The molecule has 0 spiro atoms. The largest absolute Gasteiger partial charge is 0.393 e. The van der Waals surface area contributed by atoms with E-state index in [0.717, 1.165) is 5.56 Å². The summed E-state index contributed by atoms with van der Waals surface area (Å²) in [5, 5.41) is 17.3. The van der Waals surface area contributed by atoms with Gasteiger partial charge in [-0.1, -0.05) is 0 Å². The van der Waals surface area contributed by atoms with Crippen molar-refractivity contribution < 1.29 is 14.3 Å². The number of carbonyl (C=O) groups excluding carboxylic acids is 1. The first-order valence-electron chi connectivity index (χ1n) is 8.71. The van der Waals surface area contributed by atoms with Crippen LogP contribution in [-0.4, -0.2) is 31.9 Å². The van der Waals surface area contributed by atoms with Crippen LogP contribution in [0.5, 0.6) is 0 Å². The molecule has 1 atom stereocenters. The number of aromatic amines is 1. The van der Waals surface area contributed by atoms with Crippen molar-refractivity contribution in [2.75, 3.05) is 0 Å². The molecule has 1 aliphatic rings. The fourth-order valence-corrected chi connectivity index (χ4v) is 3.62. The Bertz CT molecular complexity index is 1070. The van der Waals surface area contributed by atoms with Crippen molar-refractivity contribution in [1.29, 1.82) is 0 Å². The van der Waals surface area contributed by atoms with Gasteiger partial charge in [-0.3, -0.25) is 14.3 Å². The predicted molar refractivity (Wildman–Crippen MR) is 96.7 cm³/mol. The molecule has 140 valence electrons. The number of fused-ring (bicyclic) bond motifs is 1. The maximum atomic E-state index is 13.5. The van der Waals surface area contributed by atoms with Gasteiger partial charge in [0, 0.05) is 30.3 Å². The van der Waals surface area contributed by atoms with E-state index in [-0.39, 0.29) is 29.1 Å². The van der Waals surface area contributed by atoms with Gasteiger partial charge in [-0.05, 0) is 37.0 Å². The van der Waals surface area contributed by atoms with E-state index in [1.807, 2.05) is 6.20 Å². The number of pyridine rings is 1. The van der Waals surface area contributed by atoms with Crippen LogP contribution < -0.4 is 10.9 Å². The van der Waals surface area contributed by atoms with Crippen molar-refractivity contribution in [3.63, 3.8) is 0 Å². The van der Waals surface area contributed by atoms with Gasteiger partial charge in [0.25, 0.3) is 5.91 Å². The number of H-pyrrole nitrogens is 1. The molecule has 1 aromatic carbocycles. The summed E-state index contributed by atoms with van der Waals surface area (Å²) in [5.41, 5.74) is 0.811. The average molecular weight is 370 g/mol. The molecule has 8 heteroatoms. The van der Waals surface area contributed by atoms with E-state index in [0.29, 0.717) is 18.2 Å². The Balaban J connectivity index is 1.69. The van der Waals surface area contributed by atoms with Gasteiger partial charge in [-0.2, -0.15) is 5.10 Å². The van der Waals surface area contributed by atoms with Crippen LogP contribution in [0.2, 0.25) is 0 Å². The molecule has 1 aliphatic carbocycles. The van der Waals surface area contributed by atoms with Crippen LogP contribution in [-0.2, 0) is 7.05 Å². The zero-order chi connectivity index (χ0) is 19.1. The number of hydrogen-bond donors (Lipinski definition) is 3. The fourth-order valence-electron chi connectivity index (χ4n) is 3.62. The number of benzene rings is 1. The van der Waals surface area contributed by atoms with Crippen molar-refractivity contribution >= 4 is 16.8 Å². The number of aryl methyl sites for hydroxylation is 1. The van der Waals surface area contributed by atoms with E-state index in [1.54, 1.807) is 17.9 Å². The summed E-state index contributed by atoms with van der Waals surface area (Å²) in [6, 6.07) is 4.80. The lowest BCUT2D eigenvalue weighted by atomic mass is 9.75. The second kappa shape index (κ2) is 6.62. The van der Waals surface area contributed by atoms with Crippen LogP contribution in [0, 0.1) is 11.7 Å². The first-order valence-corrected chi connectivity index (χ1v) is 8.71. The summed E-state index contributed by atoms with van der Waals surface area (Å²) >= 11 is 0. The van der Waals surface area contributed by atoms with E-state index in [1.165, 1.54) is 24.3 Å². The molecular weight excluding hydrogens is 351 g/mol. The molecule has 27 heavy (non-hydrogen) atoms. The van der Waals surface area contributed by atoms with Crippen LogP contribution in [0.15, 0.2) is 41.5 Å². The zero-order valence-electron chi connectivity index (χ0n) is 14.6. The molecule has 1 saturated carbocycles. The lowest BCUT2D eigenvalue weighted by molar-refractivity contribution is 0.0235. The summed E-state index contributed by atoms with van der Waals surface area (Å²) in [6.45, 7) is 0. The van der Waals surface area contributed by atoms with Crippen LogP contribution in [0.4, 0.5) is 4.39 Å². The van der Waals surface area contributed by atoms with Gasteiger partial charge in [0.1, 0.15) is 5.82 Å². The zero-order valence-corrected chi connectivity index (χ0v) is 14.6. The van der Waals surface area contributed by atoms with Gasteiger partial charge in [0.2, 0.25) is 5.56 Å². The normalized spacial score (nSPS) is 20.3. The summed E-state index contributed by atoms with van der Waals surface area (Å²) in [4.78, 5) is 27.4. The minimum atomic E-state index is -0.493. The molecule has 7 nitrogen and oxygen atoms in total. The number of aliphatic hydroxyl groups is 1. The Labute approximate surface area is 153 Å². The summed E-state index contributed by atoms with van der Waals surface area (Å²) < 4.78 is 15.1. The van der Waals surface area contributed by atoms with E-state index in [2.05, 4.69) is 15.4 Å². The third kappa shape index (κ3) is 3.35. The first-order chi connectivity index (χ1) is 12.9. The molecule has 0 unspecified atom stereocenters. The second-order valence-corrected chi connectivity index (χ2v) is 7.02. The molecule has 3 aromatic rings. The number of amides is 1. The van der Waals surface area contributed by atoms with Gasteiger partial charge < -0.3 is 15.4 Å².